The summed E-state index contributed by atoms with van der Waals surface area (Å²) in [6.07, 6.45) is 8.36. The number of rotatable bonds is 4. The summed E-state index contributed by atoms with van der Waals surface area (Å²) in [5, 5.41) is 3.41. The lowest BCUT2D eigenvalue weighted by Gasteiger charge is -2.32. The molecule has 1 aliphatic heterocycles. The van der Waals surface area contributed by atoms with Crippen molar-refractivity contribution in [3.63, 3.8) is 0 Å². The maximum atomic E-state index is 11.9. The fraction of sp³-hybridized carbons (Fsp3) is 0.389. The van der Waals surface area contributed by atoms with Crippen LogP contribution in [-0.4, -0.2) is 57.6 Å². The van der Waals surface area contributed by atoms with Gasteiger partial charge in [0.25, 0.3) is 0 Å². The third-order valence-corrected chi connectivity index (χ3v) is 6.12. The van der Waals surface area contributed by atoms with E-state index in [1.807, 2.05) is 36.0 Å². The molecular formula is C18H22N6O2S. The number of piperidine rings is 1. The van der Waals surface area contributed by atoms with Gasteiger partial charge in [0.05, 0.1) is 18.1 Å². The molecule has 1 fully saturated rings. The monoisotopic (exact) mass is 386 g/mol. The van der Waals surface area contributed by atoms with E-state index in [0.29, 0.717) is 18.9 Å². The molecule has 0 amide bonds. The number of sulfonamides is 1. The van der Waals surface area contributed by atoms with Gasteiger partial charge in [-0.2, -0.15) is 0 Å². The summed E-state index contributed by atoms with van der Waals surface area (Å²) in [7, 11) is -1.25. The molecule has 1 saturated heterocycles. The van der Waals surface area contributed by atoms with Gasteiger partial charge in [-0.1, -0.05) is 0 Å². The summed E-state index contributed by atoms with van der Waals surface area (Å²) >= 11 is 0. The van der Waals surface area contributed by atoms with Crippen LogP contribution < -0.4 is 5.32 Å². The predicted octanol–water partition coefficient (Wildman–Crippen LogP) is 1.87. The van der Waals surface area contributed by atoms with Crippen molar-refractivity contribution >= 4 is 27.0 Å². The van der Waals surface area contributed by atoms with Gasteiger partial charge in [0.15, 0.2) is 5.65 Å². The van der Waals surface area contributed by atoms with E-state index in [0.717, 1.165) is 35.3 Å². The van der Waals surface area contributed by atoms with Crippen molar-refractivity contribution in [3.05, 3.63) is 36.8 Å². The van der Waals surface area contributed by atoms with Gasteiger partial charge in [-0.15, -0.1) is 0 Å². The fourth-order valence-corrected chi connectivity index (χ4v) is 4.34. The van der Waals surface area contributed by atoms with Gasteiger partial charge in [-0.05, 0) is 31.0 Å². The number of nitrogens with zero attached hydrogens (tertiary/aromatic N) is 5. The normalized spacial score (nSPS) is 18.7. The highest BCUT2D eigenvalue weighted by Crippen LogP contribution is 2.27. The van der Waals surface area contributed by atoms with E-state index in [4.69, 9.17) is 4.98 Å². The number of aromatic nitrogens is 4. The van der Waals surface area contributed by atoms with Crippen LogP contribution >= 0.6 is 0 Å². The second-order valence-electron chi connectivity index (χ2n) is 6.89. The molecule has 4 rings (SSSR count). The molecule has 1 atom stereocenters. The zero-order valence-corrected chi connectivity index (χ0v) is 16.1. The van der Waals surface area contributed by atoms with Crippen molar-refractivity contribution in [2.24, 2.45) is 7.05 Å². The van der Waals surface area contributed by atoms with E-state index < -0.39 is 10.0 Å². The first-order chi connectivity index (χ1) is 12.9. The van der Waals surface area contributed by atoms with Crippen LogP contribution in [0.5, 0.6) is 0 Å². The zero-order valence-electron chi connectivity index (χ0n) is 15.3. The van der Waals surface area contributed by atoms with Gasteiger partial charge in [-0.25, -0.2) is 22.7 Å². The molecule has 0 spiro atoms. The van der Waals surface area contributed by atoms with Crippen LogP contribution in [0.25, 0.3) is 22.4 Å². The Hall–Kier alpha value is -2.52. The molecule has 4 heterocycles. The van der Waals surface area contributed by atoms with Gasteiger partial charge in [0, 0.05) is 44.1 Å². The number of aryl methyl sites for hydroxylation is 1. The third-order valence-electron chi connectivity index (χ3n) is 4.85. The lowest BCUT2D eigenvalue weighted by atomic mass is 10.1. The minimum atomic E-state index is -3.19. The Labute approximate surface area is 158 Å². The molecule has 8 nitrogen and oxygen atoms in total. The van der Waals surface area contributed by atoms with Crippen LogP contribution in [0.3, 0.4) is 0 Å². The van der Waals surface area contributed by atoms with Crippen LogP contribution in [-0.2, 0) is 17.1 Å². The minimum absolute atomic E-state index is 0.00820. The summed E-state index contributed by atoms with van der Waals surface area (Å²) in [4.78, 5) is 13.7. The van der Waals surface area contributed by atoms with Crippen molar-refractivity contribution in [2.45, 2.75) is 18.9 Å². The fourth-order valence-electron chi connectivity index (χ4n) is 3.43. The molecule has 9 heteroatoms. The topological polar surface area (TPSA) is 93.0 Å². The zero-order chi connectivity index (χ0) is 19.0. The van der Waals surface area contributed by atoms with Crippen LogP contribution in [0, 0.1) is 0 Å². The number of hydrogen-bond acceptors (Lipinski definition) is 6. The first kappa shape index (κ1) is 17.9. The van der Waals surface area contributed by atoms with Gasteiger partial charge >= 0.3 is 0 Å². The molecular weight excluding hydrogens is 364 g/mol. The van der Waals surface area contributed by atoms with E-state index in [9.17, 15) is 8.42 Å². The van der Waals surface area contributed by atoms with Crippen molar-refractivity contribution in [1.82, 2.24) is 23.8 Å². The van der Waals surface area contributed by atoms with E-state index in [-0.39, 0.29) is 6.04 Å². The number of hydrogen-bond donors (Lipinski definition) is 1. The van der Waals surface area contributed by atoms with Crippen molar-refractivity contribution in [1.29, 1.82) is 0 Å². The molecule has 27 heavy (non-hydrogen) atoms. The van der Waals surface area contributed by atoms with Gasteiger partial charge in [0.2, 0.25) is 10.0 Å². The summed E-state index contributed by atoms with van der Waals surface area (Å²) < 4.78 is 27.2. The molecule has 1 N–H and O–H groups in total. The number of nitrogens with one attached hydrogen (secondary N) is 1. The smallest absolute Gasteiger partial charge is 0.211 e. The Balaban J connectivity index is 1.64. The minimum Gasteiger partial charge on any atom is -0.365 e. The SMILES string of the molecule is Cn1ccc2ncc(-c3cccnc3N[C@H]3CCCN(S(C)(=O)=O)C3)nc21. The second-order valence-corrected chi connectivity index (χ2v) is 8.88. The molecule has 3 aromatic rings. The molecule has 3 aromatic heterocycles. The molecule has 0 aromatic carbocycles. The Kier molecular flexibility index (Phi) is 4.56. The van der Waals surface area contributed by atoms with E-state index in [1.54, 1.807) is 12.4 Å². The summed E-state index contributed by atoms with van der Waals surface area (Å²) in [6.45, 7) is 1.01. The van der Waals surface area contributed by atoms with Gasteiger partial charge in [-0.3, -0.25) is 4.98 Å². The van der Waals surface area contributed by atoms with Gasteiger partial charge in [0.1, 0.15) is 11.3 Å². The Morgan fingerprint density at radius 2 is 2.11 bits per heavy atom. The summed E-state index contributed by atoms with van der Waals surface area (Å²) in [5.41, 5.74) is 3.24. The highest BCUT2D eigenvalue weighted by Gasteiger charge is 2.26. The van der Waals surface area contributed by atoms with Crippen molar-refractivity contribution in [3.8, 4) is 11.3 Å². The van der Waals surface area contributed by atoms with Crippen molar-refractivity contribution in [2.75, 3.05) is 24.7 Å². The number of fused-ring (bicyclic) bond motifs is 1. The first-order valence-corrected chi connectivity index (χ1v) is 10.7. The van der Waals surface area contributed by atoms with Crippen LogP contribution in [0.15, 0.2) is 36.8 Å². The lowest BCUT2D eigenvalue weighted by molar-refractivity contribution is 0.329. The highest BCUT2D eigenvalue weighted by molar-refractivity contribution is 7.88. The summed E-state index contributed by atoms with van der Waals surface area (Å²) in [5.74, 6) is 0.695. The van der Waals surface area contributed by atoms with Crippen LogP contribution in [0.1, 0.15) is 12.8 Å². The molecule has 0 bridgehead atoms. The third kappa shape index (κ3) is 3.65. The van der Waals surface area contributed by atoms with Gasteiger partial charge < -0.3 is 9.88 Å². The molecule has 0 unspecified atom stereocenters. The maximum absolute atomic E-state index is 11.9. The Morgan fingerprint density at radius 3 is 2.93 bits per heavy atom. The molecule has 142 valence electrons. The lowest BCUT2D eigenvalue weighted by Crippen LogP contribution is -2.44. The highest BCUT2D eigenvalue weighted by atomic mass is 32.2. The second kappa shape index (κ2) is 6.90. The van der Waals surface area contributed by atoms with E-state index in [1.165, 1.54) is 10.6 Å². The first-order valence-electron chi connectivity index (χ1n) is 8.87. The molecule has 0 radical (unpaired) electrons. The standard InChI is InChI=1S/C18H22N6O2S/c1-23-10-7-15-18(23)22-16(11-20-15)14-6-3-8-19-17(14)21-13-5-4-9-24(12-13)27(2,25)26/h3,6-8,10-11,13H,4-5,9,12H2,1-2H3,(H,19,21)/t13-/m0/s1. The average molecular weight is 386 g/mol. The number of pyridine rings is 1. The van der Waals surface area contributed by atoms with Crippen molar-refractivity contribution < 1.29 is 8.42 Å². The van der Waals surface area contributed by atoms with Crippen LogP contribution in [0.2, 0.25) is 0 Å². The molecule has 0 aliphatic carbocycles. The average Bonchev–Trinajstić information content (AvgIpc) is 3.02. The quantitative estimate of drug-likeness (QED) is 0.736. The van der Waals surface area contributed by atoms with E-state index in [2.05, 4.69) is 15.3 Å². The molecule has 1 aliphatic rings. The summed E-state index contributed by atoms with van der Waals surface area (Å²) in [6, 6.07) is 5.75. The van der Waals surface area contributed by atoms with Crippen LogP contribution in [0.4, 0.5) is 5.82 Å². The Bertz CT molecular complexity index is 1080. The maximum Gasteiger partial charge on any atom is 0.211 e. The predicted molar refractivity (Wildman–Crippen MR) is 105 cm³/mol. The largest absolute Gasteiger partial charge is 0.365 e. The Morgan fingerprint density at radius 1 is 1.26 bits per heavy atom. The number of anilines is 1. The molecule has 0 saturated carbocycles. The van der Waals surface area contributed by atoms with E-state index >= 15 is 0 Å².